The van der Waals surface area contributed by atoms with E-state index in [1.54, 1.807) is 20.8 Å². The number of aliphatic hydroxyl groups is 1. The highest BCUT2D eigenvalue weighted by Gasteiger charge is 2.28. The zero-order valence-corrected chi connectivity index (χ0v) is 10.5. The quantitative estimate of drug-likeness (QED) is 0.713. The van der Waals surface area contributed by atoms with Crippen molar-refractivity contribution in [2.75, 3.05) is 0 Å². The lowest BCUT2D eigenvalue weighted by molar-refractivity contribution is -0.00259. The third kappa shape index (κ3) is 5.62. The molecule has 0 aliphatic rings. The molecule has 0 radical (unpaired) electrons. The summed E-state index contributed by atoms with van der Waals surface area (Å²) in [5.41, 5.74) is -0.892. The molecule has 0 fully saturated rings. The number of amides is 1. The molecule has 2 N–H and O–H groups in total. The molecular weight excluding hydrogens is 194 g/mol. The van der Waals surface area contributed by atoms with Gasteiger partial charge in [-0.1, -0.05) is 20.8 Å². The average molecular weight is 217 g/mol. The largest absolute Gasteiger partial charge is 0.444 e. The second kappa shape index (κ2) is 4.84. The number of aliphatic hydroxyl groups excluding tert-OH is 1. The van der Waals surface area contributed by atoms with Gasteiger partial charge in [-0.25, -0.2) is 4.79 Å². The first-order valence-electron chi connectivity index (χ1n) is 5.26. The van der Waals surface area contributed by atoms with Crippen LogP contribution in [0.4, 0.5) is 4.79 Å². The molecule has 0 spiro atoms. The van der Waals surface area contributed by atoms with Crippen LogP contribution in [0, 0.1) is 5.41 Å². The van der Waals surface area contributed by atoms with Crippen LogP contribution in [0.1, 0.15) is 48.0 Å². The molecule has 4 nitrogen and oxygen atoms in total. The monoisotopic (exact) mass is 217 g/mol. The van der Waals surface area contributed by atoms with Crippen molar-refractivity contribution in [1.82, 2.24) is 5.32 Å². The summed E-state index contributed by atoms with van der Waals surface area (Å²) < 4.78 is 5.04. The van der Waals surface area contributed by atoms with Crippen LogP contribution in [0.25, 0.3) is 0 Å². The van der Waals surface area contributed by atoms with E-state index in [1.807, 2.05) is 20.8 Å². The smallest absolute Gasteiger partial charge is 0.409 e. The highest BCUT2D eigenvalue weighted by atomic mass is 16.6. The van der Waals surface area contributed by atoms with Gasteiger partial charge in [0.2, 0.25) is 0 Å². The number of ether oxygens (including phenoxy) is 1. The molecule has 0 saturated carbocycles. The Labute approximate surface area is 92.0 Å². The Balaban J connectivity index is 4.20. The van der Waals surface area contributed by atoms with Crippen LogP contribution in [0.5, 0.6) is 0 Å². The average Bonchev–Trinajstić information content (AvgIpc) is 2.00. The Morgan fingerprint density at radius 1 is 1.33 bits per heavy atom. The minimum Gasteiger partial charge on any atom is -0.444 e. The van der Waals surface area contributed by atoms with Crippen molar-refractivity contribution >= 4 is 6.09 Å². The minimum absolute atomic E-state index is 0.350. The fourth-order valence-electron chi connectivity index (χ4n) is 0.808. The summed E-state index contributed by atoms with van der Waals surface area (Å²) in [7, 11) is 0. The fraction of sp³-hybridized carbons (Fsp3) is 0.909. The maximum Gasteiger partial charge on any atom is 0.409 e. The lowest BCUT2D eigenvalue weighted by Gasteiger charge is -2.30. The summed E-state index contributed by atoms with van der Waals surface area (Å²) in [5, 5.41) is 12.2. The predicted octanol–water partition coefficient (Wildman–Crippen LogP) is 2.27. The van der Waals surface area contributed by atoms with E-state index in [4.69, 9.17) is 4.74 Å². The second-order valence-electron chi connectivity index (χ2n) is 5.39. The zero-order chi connectivity index (χ0) is 12.3. The Morgan fingerprint density at radius 3 is 2.13 bits per heavy atom. The molecule has 1 unspecified atom stereocenters. The van der Waals surface area contributed by atoms with Crippen molar-refractivity contribution in [3.63, 3.8) is 0 Å². The number of alkyl carbamates (subject to hydrolysis) is 1. The van der Waals surface area contributed by atoms with Gasteiger partial charge in [0.1, 0.15) is 11.8 Å². The van der Waals surface area contributed by atoms with E-state index in [0.29, 0.717) is 0 Å². The molecule has 0 aliphatic carbocycles. The molecule has 15 heavy (non-hydrogen) atoms. The number of hydrogen-bond donors (Lipinski definition) is 2. The summed E-state index contributed by atoms with van der Waals surface area (Å²) in [6.45, 7) is 11.1. The first-order valence-corrected chi connectivity index (χ1v) is 5.26. The summed E-state index contributed by atoms with van der Waals surface area (Å²) in [5.74, 6) is 0. The third-order valence-corrected chi connectivity index (χ3v) is 2.30. The molecule has 0 bridgehead atoms. The molecule has 4 heteroatoms. The maximum atomic E-state index is 11.3. The summed E-state index contributed by atoms with van der Waals surface area (Å²) in [6.07, 6.45) is -0.710. The summed E-state index contributed by atoms with van der Waals surface area (Å²) in [6, 6.07) is 0. The Morgan fingerprint density at radius 2 is 1.80 bits per heavy atom. The molecule has 0 aliphatic heterocycles. The van der Waals surface area contributed by atoms with Gasteiger partial charge in [0.05, 0.1) is 0 Å². The standard InChI is InChI=1S/C11H23NO3/c1-7-11(5,6)8(13)12-9(14)15-10(2,3)4/h8,13H,7H2,1-6H3,(H,12,14). The molecule has 1 amide bonds. The third-order valence-electron chi connectivity index (χ3n) is 2.30. The van der Waals surface area contributed by atoms with E-state index < -0.39 is 17.9 Å². The number of nitrogens with one attached hydrogen (secondary N) is 1. The van der Waals surface area contributed by atoms with Gasteiger partial charge in [-0.3, -0.25) is 5.32 Å². The number of hydrogen-bond acceptors (Lipinski definition) is 3. The van der Waals surface area contributed by atoms with Crippen LogP contribution in [-0.4, -0.2) is 23.0 Å². The molecular formula is C11H23NO3. The van der Waals surface area contributed by atoms with Crippen LogP contribution >= 0.6 is 0 Å². The van der Waals surface area contributed by atoms with Crippen LogP contribution in [0.15, 0.2) is 0 Å². The van der Waals surface area contributed by atoms with E-state index in [2.05, 4.69) is 5.32 Å². The maximum absolute atomic E-state index is 11.3. The van der Waals surface area contributed by atoms with Gasteiger partial charge in [0, 0.05) is 5.41 Å². The van der Waals surface area contributed by atoms with Crippen molar-refractivity contribution in [1.29, 1.82) is 0 Å². The van der Waals surface area contributed by atoms with Crippen molar-refractivity contribution in [3.05, 3.63) is 0 Å². The fourth-order valence-corrected chi connectivity index (χ4v) is 0.808. The first-order chi connectivity index (χ1) is 6.58. The normalized spacial score (nSPS) is 14.6. The van der Waals surface area contributed by atoms with Gasteiger partial charge in [0.25, 0.3) is 0 Å². The highest BCUT2D eigenvalue weighted by Crippen LogP contribution is 2.23. The Kier molecular flexibility index (Phi) is 4.59. The molecule has 1 atom stereocenters. The van der Waals surface area contributed by atoms with E-state index in [9.17, 15) is 9.90 Å². The van der Waals surface area contributed by atoms with Crippen molar-refractivity contribution in [2.45, 2.75) is 59.8 Å². The van der Waals surface area contributed by atoms with E-state index in [-0.39, 0.29) is 5.41 Å². The highest BCUT2D eigenvalue weighted by molar-refractivity contribution is 5.67. The molecule has 0 aromatic heterocycles. The molecule has 90 valence electrons. The topological polar surface area (TPSA) is 58.6 Å². The van der Waals surface area contributed by atoms with Crippen molar-refractivity contribution < 1.29 is 14.6 Å². The Bertz CT molecular complexity index is 218. The van der Waals surface area contributed by atoms with Crippen LogP contribution < -0.4 is 5.32 Å². The van der Waals surface area contributed by atoms with E-state index >= 15 is 0 Å². The van der Waals surface area contributed by atoms with Crippen LogP contribution in [-0.2, 0) is 4.74 Å². The van der Waals surface area contributed by atoms with Gasteiger partial charge in [-0.15, -0.1) is 0 Å². The number of carbonyl (C=O) groups is 1. The van der Waals surface area contributed by atoms with Crippen LogP contribution in [0.2, 0.25) is 0 Å². The van der Waals surface area contributed by atoms with E-state index in [1.165, 1.54) is 0 Å². The van der Waals surface area contributed by atoms with Crippen molar-refractivity contribution in [2.24, 2.45) is 5.41 Å². The van der Waals surface area contributed by atoms with Gasteiger partial charge < -0.3 is 9.84 Å². The predicted molar refractivity (Wildman–Crippen MR) is 59.4 cm³/mol. The summed E-state index contributed by atoms with van der Waals surface area (Å²) >= 11 is 0. The minimum atomic E-state index is -0.891. The number of rotatable bonds is 3. The molecule has 0 heterocycles. The van der Waals surface area contributed by atoms with Gasteiger partial charge in [0.15, 0.2) is 0 Å². The van der Waals surface area contributed by atoms with Crippen molar-refractivity contribution in [3.8, 4) is 0 Å². The molecule has 0 aromatic rings. The summed E-state index contributed by atoms with van der Waals surface area (Å²) in [4.78, 5) is 11.3. The van der Waals surface area contributed by atoms with Gasteiger partial charge in [-0.05, 0) is 27.2 Å². The van der Waals surface area contributed by atoms with Gasteiger partial charge >= 0.3 is 6.09 Å². The SMILES string of the molecule is CCC(C)(C)C(O)NC(=O)OC(C)(C)C. The van der Waals surface area contributed by atoms with E-state index in [0.717, 1.165) is 6.42 Å². The van der Waals surface area contributed by atoms with Crippen LogP contribution in [0.3, 0.4) is 0 Å². The number of carbonyl (C=O) groups excluding carboxylic acids is 1. The molecule has 0 aromatic carbocycles. The second-order valence-corrected chi connectivity index (χ2v) is 5.39. The van der Waals surface area contributed by atoms with Gasteiger partial charge in [-0.2, -0.15) is 0 Å². The lowest BCUT2D eigenvalue weighted by atomic mass is 9.88. The molecule has 0 rings (SSSR count). The molecule has 0 saturated heterocycles. The Hall–Kier alpha value is -0.770. The zero-order valence-electron chi connectivity index (χ0n) is 10.5. The lowest BCUT2D eigenvalue weighted by Crippen LogP contribution is -2.46. The first kappa shape index (κ1) is 14.2.